The number of carboxylic acid groups (broad SMARTS) is 1. The predicted molar refractivity (Wildman–Crippen MR) is 80.2 cm³/mol. The molecular formula is C16H23NO4. The summed E-state index contributed by atoms with van der Waals surface area (Å²) in [7, 11) is 0. The number of carbonyl (C=O) groups is 2. The standard InChI is InChI=1S/C16H23NO4/c1-4-11(3)14(16(19)20)17-15(18)13(5-2)21-12-9-7-6-8-10-12/h6-11,13-14H,4-5H2,1-3H3,(H,17,18)(H,19,20)/t11-,13?,14-/m0/s1. The zero-order chi connectivity index (χ0) is 15.8. The Balaban J connectivity index is 2.72. The minimum atomic E-state index is -1.02. The average Bonchev–Trinajstić information content (AvgIpc) is 2.49. The van der Waals surface area contributed by atoms with E-state index < -0.39 is 24.0 Å². The molecular weight excluding hydrogens is 270 g/mol. The van der Waals surface area contributed by atoms with Crippen molar-refractivity contribution in [2.24, 2.45) is 5.92 Å². The van der Waals surface area contributed by atoms with Crippen LogP contribution in [-0.4, -0.2) is 29.1 Å². The molecule has 0 saturated heterocycles. The van der Waals surface area contributed by atoms with Crippen molar-refractivity contribution in [2.45, 2.75) is 45.8 Å². The van der Waals surface area contributed by atoms with Gasteiger partial charge in [0, 0.05) is 0 Å². The summed E-state index contributed by atoms with van der Waals surface area (Å²) in [6.45, 7) is 5.52. The predicted octanol–water partition coefficient (Wildman–Crippen LogP) is 2.46. The first-order chi connectivity index (χ1) is 9.99. The topological polar surface area (TPSA) is 75.6 Å². The Morgan fingerprint density at radius 2 is 1.81 bits per heavy atom. The number of carbonyl (C=O) groups excluding carboxylic acids is 1. The van der Waals surface area contributed by atoms with Crippen LogP contribution in [0.3, 0.4) is 0 Å². The van der Waals surface area contributed by atoms with Gasteiger partial charge in [0.1, 0.15) is 11.8 Å². The van der Waals surface area contributed by atoms with Gasteiger partial charge in [-0.3, -0.25) is 4.79 Å². The Bertz CT molecular complexity index is 461. The van der Waals surface area contributed by atoms with Crippen molar-refractivity contribution in [3.05, 3.63) is 30.3 Å². The Kier molecular flexibility index (Phi) is 6.72. The summed E-state index contributed by atoms with van der Waals surface area (Å²) in [5.41, 5.74) is 0. The largest absolute Gasteiger partial charge is 0.481 e. The van der Waals surface area contributed by atoms with Crippen LogP contribution in [0, 0.1) is 5.92 Å². The molecule has 2 N–H and O–H groups in total. The SMILES string of the molecule is CCC(Oc1ccccc1)C(=O)N[C@H](C(=O)O)[C@@H](C)CC. The van der Waals surface area contributed by atoms with Gasteiger partial charge in [0.15, 0.2) is 6.10 Å². The highest BCUT2D eigenvalue weighted by Crippen LogP contribution is 2.14. The third-order valence-corrected chi connectivity index (χ3v) is 3.46. The van der Waals surface area contributed by atoms with Crippen LogP contribution in [0.15, 0.2) is 30.3 Å². The Morgan fingerprint density at radius 1 is 1.19 bits per heavy atom. The maximum Gasteiger partial charge on any atom is 0.326 e. The summed E-state index contributed by atoms with van der Waals surface area (Å²) in [6, 6.07) is 8.13. The van der Waals surface area contributed by atoms with Crippen molar-refractivity contribution in [3.8, 4) is 5.75 Å². The van der Waals surface area contributed by atoms with Crippen LogP contribution in [0.5, 0.6) is 5.75 Å². The molecule has 0 aliphatic carbocycles. The van der Waals surface area contributed by atoms with E-state index in [9.17, 15) is 14.7 Å². The Hall–Kier alpha value is -2.04. The number of hydrogen-bond donors (Lipinski definition) is 2. The van der Waals surface area contributed by atoms with E-state index in [0.29, 0.717) is 18.6 Å². The number of rotatable bonds is 8. The molecule has 0 spiro atoms. The molecule has 1 amide bonds. The van der Waals surface area contributed by atoms with E-state index >= 15 is 0 Å². The van der Waals surface area contributed by atoms with Crippen LogP contribution in [0.2, 0.25) is 0 Å². The first-order valence-electron chi connectivity index (χ1n) is 7.24. The van der Waals surface area contributed by atoms with E-state index in [1.54, 1.807) is 19.1 Å². The molecule has 1 rings (SSSR count). The van der Waals surface area contributed by atoms with Gasteiger partial charge in [-0.15, -0.1) is 0 Å². The van der Waals surface area contributed by atoms with E-state index in [1.165, 1.54) is 0 Å². The number of aliphatic carboxylic acids is 1. The molecule has 3 atom stereocenters. The molecule has 5 heteroatoms. The van der Waals surface area contributed by atoms with Gasteiger partial charge in [0.2, 0.25) is 0 Å². The Morgan fingerprint density at radius 3 is 2.29 bits per heavy atom. The highest BCUT2D eigenvalue weighted by atomic mass is 16.5. The zero-order valence-electron chi connectivity index (χ0n) is 12.7. The van der Waals surface area contributed by atoms with Crippen molar-refractivity contribution in [1.82, 2.24) is 5.32 Å². The Labute approximate surface area is 125 Å². The monoisotopic (exact) mass is 293 g/mol. The van der Waals surface area contributed by atoms with Crippen LogP contribution in [0.4, 0.5) is 0 Å². The number of amides is 1. The van der Waals surface area contributed by atoms with Gasteiger partial charge in [-0.05, 0) is 24.5 Å². The van der Waals surface area contributed by atoms with Crippen LogP contribution in [0.25, 0.3) is 0 Å². The van der Waals surface area contributed by atoms with Crippen molar-refractivity contribution < 1.29 is 19.4 Å². The van der Waals surface area contributed by atoms with E-state index in [1.807, 2.05) is 32.0 Å². The molecule has 0 aliphatic heterocycles. The number of benzene rings is 1. The minimum Gasteiger partial charge on any atom is -0.481 e. The second kappa shape index (κ2) is 8.29. The lowest BCUT2D eigenvalue weighted by molar-refractivity contribution is -0.144. The van der Waals surface area contributed by atoms with Crippen molar-refractivity contribution in [3.63, 3.8) is 0 Å². The third-order valence-electron chi connectivity index (χ3n) is 3.46. The molecule has 116 valence electrons. The lowest BCUT2D eigenvalue weighted by Crippen LogP contribution is -2.49. The van der Waals surface area contributed by atoms with Crippen molar-refractivity contribution >= 4 is 11.9 Å². The van der Waals surface area contributed by atoms with Crippen molar-refractivity contribution in [2.75, 3.05) is 0 Å². The van der Waals surface area contributed by atoms with E-state index in [4.69, 9.17) is 4.74 Å². The first kappa shape index (κ1) is 17.0. The quantitative estimate of drug-likeness (QED) is 0.772. The third kappa shape index (κ3) is 5.10. The molecule has 0 heterocycles. The molecule has 0 radical (unpaired) electrons. The average molecular weight is 293 g/mol. The van der Waals surface area contributed by atoms with Gasteiger partial charge < -0.3 is 15.2 Å². The van der Waals surface area contributed by atoms with Gasteiger partial charge in [-0.1, -0.05) is 45.4 Å². The molecule has 0 fully saturated rings. The maximum absolute atomic E-state index is 12.2. The normalized spacial score (nSPS) is 14.8. The fourth-order valence-electron chi connectivity index (χ4n) is 1.91. The number of carboxylic acids is 1. The van der Waals surface area contributed by atoms with Crippen LogP contribution < -0.4 is 10.1 Å². The second-order valence-electron chi connectivity index (χ2n) is 5.04. The fraction of sp³-hybridized carbons (Fsp3) is 0.500. The van der Waals surface area contributed by atoms with Crippen LogP contribution in [0.1, 0.15) is 33.6 Å². The number of ether oxygens (including phenoxy) is 1. The molecule has 5 nitrogen and oxygen atoms in total. The summed E-state index contributed by atoms with van der Waals surface area (Å²) in [4.78, 5) is 23.5. The summed E-state index contributed by atoms with van der Waals surface area (Å²) in [5, 5.41) is 11.8. The fourth-order valence-corrected chi connectivity index (χ4v) is 1.91. The summed E-state index contributed by atoms with van der Waals surface area (Å²) in [5.74, 6) is -0.961. The number of nitrogens with one attached hydrogen (secondary N) is 1. The first-order valence-corrected chi connectivity index (χ1v) is 7.24. The molecule has 0 aromatic heterocycles. The highest BCUT2D eigenvalue weighted by molar-refractivity contribution is 5.86. The van der Waals surface area contributed by atoms with Gasteiger partial charge in [-0.25, -0.2) is 4.79 Å². The second-order valence-corrected chi connectivity index (χ2v) is 5.04. The van der Waals surface area contributed by atoms with E-state index in [2.05, 4.69) is 5.32 Å². The maximum atomic E-state index is 12.2. The molecule has 1 aromatic carbocycles. The van der Waals surface area contributed by atoms with Gasteiger partial charge in [0.05, 0.1) is 0 Å². The highest BCUT2D eigenvalue weighted by Gasteiger charge is 2.28. The molecule has 21 heavy (non-hydrogen) atoms. The summed E-state index contributed by atoms with van der Waals surface area (Å²) in [6.07, 6.45) is 0.444. The molecule has 1 aromatic rings. The molecule has 0 saturated carbocycles. The summed E-state index contributed by atoms with van der Waals surface area (Å²) < 4.78 is 5.61. The van der Waals surface area contributed by atoms with Crippen molar-refractivity contribution in [1.29, 1.82) is 0 Å². The molecule has 0 bridgehead atoms. The van der Waals surface area contributed by atoms with Gasteiger partial charge in [0.25, 0.3) is 5.91 Å². The van der Waals surface area contributed by atoms with Gasteiger partial charge in [-0.2, -0.15) is 0 Å². The number of para-hydroxylation sites is 1. The lowest BCUT2D eigenvalue weighted by atomic mass is 9.99. The molecule has 1 unspecified atom stereocenters. The van der Waals surface area contributed by atoms with E-state index in [-0.39, 0.29) is 5.92 Å². The summed E-state index contributed by atoms with van der Waals surface area (Å²) >= 11 is 0. The zero-order valence-corrected chi connectivity index (χ0v) is 12.7. The molecule has 0 aliphatic rings. The number of hydrogen-bond acceptors (Lipinski definition) is 3. The lowest BCUT2D eigenvalue weighted by Gasteiger charge is -2.23. The minimum absolute atomic E-state index is 0.138. The smallest absolute Gasteiger partial charge is 0.326 e. The van der Waals surface area contributed by atoms with Crippen LogP contribution >= 0.6 is 0 Å². The van der Waals surface area contributed by atoms with Crippen LogP contribution in [-0.2, 0) is 9.59 Å². The van der Waals surface area contributed by atoms with E-state index in [0.717, 1.165) is 0 Å². The van der Waals surface area contributed by atoms with Gasteiger partial charge >= 0.3 is 5.97 Å².